The molecule has 2 N–H and O–H groups in total. The molecule has 3 unspecified atom stereocenters. The van der Waals surface area contributed by atoms with E-state index in [9.17, 15) is 0 Å². The van der Waals surface area contributed by atoms with Gasteiger partial charge < -0.3 is 5.73 Å². The van der Waals surface area contributed by atoms with Gasteiger partial charge in [-0.05, 0) is 48.8 Å². The molecule has 2 heteroatoms. The number of hydrogen-bond donors (Lipinski definition) is 1. The second kappa shape index (κ2) is 5.44. The van der Waals surface area contributed by atoms with Gasteiger partial charge in [0.1, 0.15) is 0 Å². The van der Waals surface area contributed by atoms with E-state index >= 15 is 0 Å². The molecular weight excluding hydrogens is 196 g/mol. The SMILES string of the molecule is CC(CN)C1CCCCC1c1cccnc1. The summed E-state index contributed by atoms with van der Waals surface area (Å²) in [4.78, 5) is 4.25. The summed E-state index contributed by atoms with van der Waals surface area (Å²) in [5, 5.41) is 0. The lowest BCUT2D eigenvalue weighted by Gasteiger charge is -2.35. The first kappa shape index (κ1) is 11.6. The molecule has 0 radical (unpaired) electrons. The summed E-state index contributed by atoms with van der Waals surface area (Å²) in [7, 11) is 0. The lowest BCUT2D eigenvalue weighted by molar-refractivity contribution is 0.229. The molecule has 1 aromatic rings. The molecule has 1 aromatic heterocycles. The Morgan fingerprint density at radius 3 is 2.94 bits per heavy atom. The predicted octanol–water partition coefficient (Wildman–Crippen LogP) is 2.95. The molecule has 1 aliphatic rings. The van der Waals surface area contributed by atoms with Crippen LogP contribution in [0.25, 0.3) is 0 Å². The fourth-order valence-electron chi connectivity index (χ4n) is 3.02. The van der Waals surface area contributed by atoms with Crippen LogP contribution >= 0.6 is 0 Å². The third-order valence-electron chi connectivity index (χ3n) is 4.03. The zero-order valence-corrected chi connectivity index (χ0v) is 10.1. The van der Waals surface area contributed by atoms with E-state index in [2.05, 4.69) is 18.0 Å². The predicted molar refractivity (Wildman–Crippen MR) is 67.2 cm³/mol. The molecule has 1 aliphatic carbocycles. The molecule has 0 spiro atoms. The van der Waals surface area contributed by atoms with Crippen molar-refractivity contribution >= 4 is 0 Å². The molecule has 1 saturated carbocycles. The average molecular weight is 218 g/mol. The van der Waals surface area contributed by atoms with Crippen LogP contribution in [-0.4, -0.2) is 11.5 Å². The second-order valence-corrected chi connectivity index (χ2v) is 5.05. The Balaban J connectivity index is 2.16. The van der Waals surface area contributed by atoms with Crippen LogP contribution in [-0.2, 0) is 0 Å². The molecule has 88 valence electrons. The highest BCUT2D eigenvalue weighted by Crippen LogP contribution is 2.41. The highest BCUT2D eigenvalue weighted by atomic mass is 14.6. The van der Waals surface area contributed by atoms with Crippen molar-refractivity contribution in [2.45, 2.75) is 38.5 Å². The van der Waals surface area contributed by atoms with Gasteiger partial charge in [-0.25, -0.2) is 0 Å². The van der Waals surface area contributed by atoms with Gasteiger partial charge in [-0.1, -0.05) is 25.8 Å². The molecule has 16 heavy (non-hydrogen) atoms. The normalized spacial score (nSPS) is 27.6. The largest absolute Gasteiger partial charge is 0.330 e. The van der Waals surface area contributed by atoms with Crippen LogP contribution in [0.1, 0.15) is 44.1 Å². The van der Waals surface area contributed by atoms with Gasteiger partial charge in [-0.15, -0.1) is 0 Å². The third kappa shape index (κ3) is 2.43. The van der Waals surface area contributed by atoms with E-state index < -0.39 is 0 Å². The summed E-state index contributed by atoms with van der Waals surface area (Å²) in [6.07, 6.45) is 9.25. The minimum Gasteiger partial charge on any atom is -0.330 e. The highest BCUT2D eigenvalue weighted by Gasteiger charge is 2.29. The summed E-state index contributed by atoms with van der Waals surface area (Å²) in [6.45, 7) is 3.10. The van der Waals surface area contributed by atoms with Crippen molar-refractivity contribution in [2.24, 2.45) is 17.6 Å². The Kier molecular flexibility index (Phi) is 3.94. The van der Waals surface area contributed by atoms with Crippen LogP contribution in [0, 0.1) is 11.8 Å². The topological polar surface area (TPSA) is 38.9 Å². The van der Waals surface area contributed by atoms with Crippen LogP contribution in [0.15, 0.2) is 24.5 Å². The number of aromatic nitrogens is 1. The summed E-state index contributed by atoms with van der Waals surface area (Å²) >= 11 is 0. The molecule has 3 atom stereocenters. The molecule has 1 fully saturated rings. The summed E-state index contributed by atoms with van der Waals surface area (Å²) < 4.78 is 0. The van der Waals surface area contributed by atoms with Gasteiger partial charge in [0.05, 0.1) is 0 Å². The molecule has 0 amide bonds. The van der Waals surface area contributed by atoms with Crippen molar-refractivity contribution in [3.05, 3.63) is 30.1 Å². The van der Waals surface area contributed by atoms with E-state index in [1.165, 1.54) is 31.2 Å². The van der Waals surface area contributed by atoms with E-state index in [0.29, 0.717) is 11.8 Å². The molecule has 2 nitrogen and oxygen atoms in total. The molecule has 0 aromatic carbocycles. The van der Waals surface area contributed by atoms with Crippen molar-refractivity contribution in [2.75, 3.05) is 6.54 Å². The Labute approximate surface area is 98.3 Å². The van der Waals surface area contributed by atoms with Gasteiger partial charge in [-0.3, -0.25) is 4.98 Å². The van der Waals surface area contributed by atoms with E-state index in [0.717, 1.165) is 12.5 Å². The number of hydrogen-bond acceptors (Lipinski definition) is 2. The van der Waals surface area contributed by atoms with Crippen LogP contribution in [0.2, 0.25) is 0 Å². The Hall–Kier alpha value is -0.890. The second-order valence-electron chi connectivity index (χ2n) is 5.05. The molecule has 1 heterocycles. The first-order valence-electron chi connectivity index (χ1n) is 6.43. The van der Waals surface area contributed by atoms with Crippen molar-refractivity contribution in [1.82, 2.24) is 4.98 Å². The Bertz CT molecular complexity index is 310. The lowest BCUT2D eigenvalue weighted by atomic mass is 9.70. The quantitative estimate of drug-likeness (QED) is 0.847. The average Bonchev–Trinajstić information content (AvgIpc) is 2.39. The van der Waals surface area contributed by atoms with Gasteiger partial charge in [0.15, 0.2) is 0 Å². The minimum atomic E-state index is 0.630. The maximum atomic E-state index is 5.83. The maximum Gasteiger partial charge on any atom is 0.0302 e. The zero-order valence-electron chi connectivity index (χ0n) is 10.1. The summed E-state index contributed by atoms with van der Waals surface area (Å²) in [5.41, 5.74) is 7.24. The van der Waals surface area contributed by atoms with Gasteiger partial charge in [0, 0.05) is 12.4 Å². The zero-order chi connectivity index (χ0) is 11.4. The first-order valence-corrected chi connectivity index (χ1v) is 6.43. The number of nitrogens with zero attached hydrogens (tertiary/aromatic N) is 1. The molecule has 2 rings (SSSR count). The Morgan fingerprint density at radius 2 is 2.25 bits per heavy atom. The number of nitrogens with two attached hydrogens (primary N) is 1. The lowest BCUT2D eigenvalue weighted by Crippen LogP contribution is -2.28. The Morgan fingerprint density at radius 1 is 1.44 bits per heavy atom. The summed E-state index contributed by atoms with van der Waals surface area (Å²) in [5.74, 6) is 2.06. The van der Waals surface area contributed by atoms with Crippen molar-refractivity contribution in [3.63, 3.8) is 0 Å². The van der Waals surface area contributed by atoms with Crippen LogP contribution in [0.4, 0.5) is 0 Å². The van der Waals surface area contributed by atoms with Crippen molar-refractivity contribution in [3.8, 4) is 0 Å². The van der Waals surface area contributed by atoms with E-state index in [1.807, 2.05) is 18.5 Å². The van der Waals surface area contributed by atoms with E-state index in [1.54, 1.807) is 0 Å². The number of rotatable bonds is 3. The van der Waals surface area contributed by atoms with Crippen LogP contribution in [0.3, 0.4) is 0 Å². The molecule has 0 bridgehead atoms. The monoisotopic (exact) mass is 218 g/mol. The minimum absolute atomic E-state index is 0.630. The smallest absolute Gasteiger partial charge is 0.0302 e. The van der Waals surface area contributed by atoms with Gasteiger partial charge in [0.25, 0.3) is 0 Å². The molecule has 0 saturated heterocycles. The van der Waals surface area contributed by atoms with E-state index in [-0.39, 0.29) is 0 Å². The number of pyridine rings is 1. The first-order chi connectivity index (χ1) is 7.83. The fourth-order valence-corrected chi connectivity index (χ4v) is 3.02. The standard InChI is InChI=1S/C14H22N2/c1-11(9-15)13-6-2-3-7-14(13)12-5-4-8-16-10-12/h4-5,8,10-11,13-14H,2-3,6-7,9,15H2,1H3. The summed E-state index contributed by atoms with van der Waals surface area (Å²) in [6, 6.07) is 4.27. The van der Waals surface area contributed by atoms with Crippen LogP contribution in [0.5, 0.6) is 0 Å². The maximum absolute atomic E-state index is 5.83. The van der Waals surface area contributed by atoms with E-state index in [4.69, 9.17) is 5.73 Å². The third-order valence-corrected chi connectivity index (χ3v) is 4.03. The highest BCUT2D eigenvalue weighted by molar-refractivity contribution is 5.16. The molecule has 0 aliphatic heterocycles. The van der Waals surface area contributed by atoms with Crippen LogP contribution < -0.4 is 5.73 Å². The van der Waals surface area contributed by atoms with Crippen molar-refractivity contribution < 1.29 is 0 Å². The fraction of sp³-hybridized carbons (Fsp3) is 0.643. The molecular formula is C14H22N2. The van der Waals surface area contributed by atoms with Gasteiger partial charge in [0.2, 0.25) is 0 Å². The van der Waals surface area contributed by atoms with Gasteiger partial charge in [-0.2, -0.15) is 0 Å². The van der Waals surface area contributed by atoms with Gasteiger partial charge >= 0.3 is 0 Å². The van der Waals surface area contributed by atoms with Crippen molar-refractivity contribution in [1.29, 1.82) is 0 Å².